The first-order valence-electron chi connectivity index (χ1n) is 8.39. The highest BCUT2D eigenvalue weighted by molar-refractivity contribution is 7.11. The molecular formula is C17H26N2OS. The van der Waals surface area contributed by atoms with Gasteiger partial charge in [-0.2, -0.15) is 0 Å². The topological polar surface area (TPSA) is 34.1 Å². The molecule has 1 N–H and O–H groups in total. The summed E-state index contributed by atoms with van der Waals surface area (Å²) in [6, 6.07) is 0. The Balaban J connectivity index is 1.55. The Labute approximate surface area is 131 Å². The van der Waals surface area contributed by atoms with E-state index in [0.29, 0.717) is 18.1 Å². The summed E-state index contributed by atoms with van der Waals surface area (Å²) in [5, 5.41) is 4.99. The van der Waals surface area contributed by atoms with E-state index in [2.05, 4.69) is 26.1 Å². The fraction of sp³-hybridized carbons (Fsp3) is 0.824. The highest BCUT2D eigenvalue weighted by atomic mass is 32.1. The summed E-state index contributed by atoms with van der Waals surface area (Å²) in [5.41, 5.74) is 1.56. The van der Waals surface area contributed by atoms with Crippen LogP contribution < -0.4 is 5.32 Å². The van der Waals surface area contributed by atoms with Crippen LogP contribution in [0.15, 0.2) is 0 Å². The number of aromatic nitrogens is 1. The predicted octanol–water partition coefficient (Wildman–Crippen LogP) is 3.94. The summed E-state index contributed by atoms with van der Waals surface area (Å²) >= 11 is 1.95. The largest absolute Gasteiger partial charge is 0.374 e. The lowest BCUT2D eigenvalue weighted by Gasteiger charge is -2.20. The van der Waals surface area contributed by atoms with Crippen LogP contribution in [0.1, 0.15) is 80.3 Å². The van der Waals surface area contributed by atoms with Gasteiger partial charge in [-0.1, -0.05) is 0 Å². The molecule has 0 amide bonds. The van der Waals surface area contributed by atoms with Gasteiger partial charge in [0.2, 0.25) is 0 Å². The van der Waals surface area contributed by atoms with E-state index in [1.807, 2.05) is 11.3 Å². The van der Waals surface area contributed by atoms with E-state index in [0.717, 1.165) is 12.5 Å². The number of ether oxygens (including phenoxy) is 1. The van der Waals surface area contributed by atoms with Crippen LogP contribution in [0.2, 0.25) is 0 Å². The third kappa shape index (κ3) is 2.90. The third-order valence-corrected chi connectivity index (χ3v) is 6.11. The van der Waals surface area contributed by atoms with Gasteiger partial charge in [0.25, 0.3) is 0 Å². The third-order valence-electron chi connectivity index (χ3n) is 4.91. The van der Waals surface area contributed by atoms with Gasteiger partial charge in [0.15, 0.2) is 0 Å². The standard InChI is InChI=1S/C17H26N2OS/c1-17(2,3)18-9-14-15(10-4-5-10)19-16(21-14)12-8-11-6-7-13(12)20-11/h10-13,18H,4-9H2,1-3H3. The second-order valence-corrected chi connectivity index (χ2v) is 9.07. The van der Waals surface area contributed by atoms with Gasteiger partial charge in [-0.05, 0) is 52.9 Å². The summed E-state index contributed by atoms with van der Waals surface area (Å²) in [6.07, 6.45) is 7.34. The molecule has 21 heavy (non-hydrogen) atoms. The van der Waals surface area contributed by atoms with Crippen molar-refractivity contribution in [2.45, 2.75) is 89.0 Å². The van der Waals surface area contributed by atoms with Crippen LogP contribution in [0.25, 0.3) is 0 Å². The second kappa shape index (κ2) is 5.04. The molecule has 0 aromatic carbocycles. The second-order valence-electron chi connectivity index (χ2n) is 7.95. The maximum absolute atomic E-state index is 6.03. The van der Waals surface area contributed by atoms with Crippen molar-refractivity contribution in [3.8, 4) is 0 Å². The van der Waals surface area contributed by atoms with Crippen molar-refractivity contribution < 1.29 is 4.74 Å². The van der Waals surface area contributed by atoms with Crippen molar-refractivity contribution in [1.29, 1.82) is 0 Å². The van der Waals surface area contributed by atoms with Crippen molar-refractivity contribution in [3.63, 3.8) is 0 Å². The zero-order chi connectivity index (χ0) is 14.6. The number of hydrogen-bond donors (Lipinski definition) is 1. The molecule has 3 aliphatic rings. The number of nitrogens with zero attached hydrogens (tertiary/aromatic N) is 1. The molecule has 4 rings (SSSR count). The van der Waals surface area contributed by atoms with Crippen LogP contribution in [0, 0.1) is 0 Å². The van der Waals surface area contributed by atoms with Gasteiger partial charge in [-0.25, -0.2) is 4.98 Å². The minimum Gasteiger partial charge on any atom is -0.374 e. The maximum Gasteiger partial charge on any atom is 0.0989 e. The first-order valence-corrected chi connectivity index (χ1v) is 9.21. The van der Waals surface area contributed by atoms with Crippen molar-refractivity contribution in [2.24, 2.45) is 0 Å². The molecule has 1 aliphatic carbocycles. The molecule has 3 unspecified atom stereocenters. The average Bonchev–Trinajstić information content (AvgIpc) is 2.88. The van der Waals surface area contributed by atoms with E-state index >= 15 is 0 Å². The number of nitrogens with one attached hydrogen (secondary N) is 1. The first-order chi connectivity index (χ1) is 9.99. The summed E-state index contributed by atoms with van der Waals surface area (Å²) < 4.78 is 6.03. The molecule has 1 aromatic heterocycles. The van der Waals surface area contributed by atoms with Crippen molar-refractivity contribution in [1.82, 2.24) is 10.3 Å². The fourth-order valence-corrected chi connectivity index (χ4v) is 4.84. The molecule has 1 aromatic rings. The highest BCUT2D eigenvalue weighted by Gasteiger charge is 2.43. The lowest BCUT2D eigenvalue weighted by atomic mass is 9.90. The van der Waals surface area contributed by atoms with Gasteiger partial charge in [0.05, 0.1) is 22.9 Å². The lowest BCUT2D eigenvalue weighted by molar-refractivity contribution is 0.100. The summed E-state index contributed by atoms with van der Waals surface area (Å²) in [5.74, 6) is 1.32. The summed E-state index contributed by atoms with van der Waals surface area (Å²) in [6.45, 7) is 7.66. The van der Waals surface area contributed by atoms with E-state index in [9.17, 15) is 0 Å². The molecule has 3 atom stereocenters. The molecule has 3 nitrogen and oxygen atoms in total. The monoisotopic (exact) mass is 306 g/mol. The molecule has 116 valence electrons. The van der Waals surface area contributed by atoms with Gasteiger partial charge in [-0.15, -0.1) is 11.3 Å². The van der Waals surface area contributed by atoms with Crippen LogP contribution in [-0.4, -0.2) is 22.7 Å². The molecule has 2 aliphatic heterocycles. The molecule has 2 bridgehead atoms. The molecule has 3 heterocycles. The first kappa shape index (κ1) is 14.2. The Morgan fingerprint density at radius 3 is 2.62 bits per heavy atom. The Morgan fingerprint density at radius 2 is 2.05 bits per heavy atom. The maximum atomic E-state index is 6.03. The summed E-state index contributed by atoms with van der Waals surface area (Å²) in [4.78, 5) is 6.55. The van der Waals surface area contributed by atoms with Crippen molar-refractivity contribution in [3.05, 3.63) is 15.6 Å². The molecule has 0 radical (unpaired) electrons. The molecule has 2 saturated heterocycles. The molecule has 1 saturated carbocycles. The van der Waals surface area contributed by atoms with E-state index in [-0.39, 0.29) is 5.54 Å². The van der Waals surface area contributed by atoms with E-state index in [1.54, 1.807) is 0 Å². The molecular weight excluding hydrogens is 280 g/mol. The molecule has 3 fully saturated rings. The quantitative estimate of drug-likeness (QED) is 0.915. The van der Waals surface area contributed by atoms with Gasteiger partial charge >= 0.3 is 0 Å². The van der Waals surface area contributed by atoms with Crippen molar-refractivity contribution in [2.75, 3.05) is 0 Å². The average molecular weight is 306 g/mol. The van der Waals surface area contributed by atoms with Crippen LogP contribution in [0.5, 0.6) is 0 Å². The van der Waals surface area contributed by atoms with Crippen molar-refractivity contribution >= 4 is 11.3 Å². The Kier molecular flexibility index (Phi) is 3.40. The fourth-order valence-electron chi connectivity index (χ4n) is 3.59. The predicted molar refractivity (Wildman–Crippen MR) is 85.9 cm³/mol. The van der Waals surface area contributed by atoms with Crippen LogP contribution in [0.4, 0.5) is 0 Å². The summed E-state index contributed by atoms with van der Waals surface area (Å²) in [7, 11) is 0. The Hall–Kier alpha value is -0.450. The minimum absolute atomic E-state index is 0.167. The number of hydrogen-bond acceptors (Lipinski definition) is 4. The van der Waals surface area contributed by atoms with Crippen LogP contribution in [0.3, 0.4) is 0 Å². The number of thiazole rings is 1. The van der Waals surface area contributed by atoms with Gasteiger partial charge in [-0.3, -0.25) is 0 Å². The zero-order valence-electron chi connectivity index (χ0n) is 13.3. The Morgan fingerprint density at radius 1 is 1.24 bits per heavy atom. The van der Waals surface area contributed by atoms with Gasteiger partial charge in [0.1, 0.15) is 0 Å². The molecule has 4 heteroatoms. The van der Waals surface area contributed by atoms with E-state index < -0.39 is 0 Å². The van der Waals surface area contributed by atoms with Gasteiger partial charge in [0, 0.05) is 28.8 Å². The highest BCUT2D eigenvalue weighted by Crippen LogP contribution is 2.48. The van der Waals surface area contributed by atoms with Crippen LogP contribution >= 0.6 is 11.3 Å². The number of rotatable bonds is 4. The zero-order valence-corrected chi connectivity index (χ0v) is 14.1. The molecule has 0 spiro atoms. The Bertz CT molecular complexity index is 529. The van der Waals surface area contributed by atoms with E-state index in [1.165, 1.54) is 47.7 Å². The SMILES string of the molecule is CC(C)(C)NCc1sc(C2CC3CCC2O3)nc1C1CC1. The van der Waals surface area contributed by atoms with E-state index in [4.69, 9.17) is 9.72 Å². The smallest absolute Gasteiger partial charge is 0.0989 e. The van der Waals surface area contributed by atoms with Crippen LogP contribution in [-0.2, 0) is 11.3 Å². The number of fused-ring (bicyclic) bond motifs is 2. The minimum atomic E-state index is 0.167. The lowest BCUT2D eigenvalue weighted by Crippen LogP contribution is -2.35. The normalized spacial score (nSPS) is 32.0. The van der Waals surface area contributed by atoms with Gasteiger partial charge < -0.3 is 10.1 Å².